The molecule has 10 heavy (non-hydrogen) atoms. The van der Waals surface area contributed by atoms with E-state index < -0.39 is 0 Å². The first-order chi connectivity index (χ1) is 0. The number of rotatable bonds is 0. The molecule has 0 radical (unpaired) electrons. The molecule has 0 N–H and O–H groups in total. The van der Waals surface area contributed by atoms with Gasteiger partial charge >= 0.3 is 52.8 Å². The molecule has 0 aromatic heterocycles. The SMILES string of the molecule is [Ge+4].[Ge+4].[Ge+4].[P-3].[P-3].[P-3].[P-3].[Zn].[Zn].[Zn]. The van der Waals surface area contributed by atoms with Crippen LogP contribution in [0.25, 0.3) is 0 Å². The first-order valence-corrected chi connectivity index (χ1v) is 0. The minimum absolute atomic E-state index is 0. The smallest absolute Gasteiger partial charge is 3.00 e. The number of hydrogen-bond donors (Lipinski definition) is 0. The van der Waals surface area contributed by atoms with Gasteiger partial charge in [-0.15, -0.1) is 0 Å². The maximum absolute atomic E-state index is 0. The summed E-state index contributed by atoms with van der Waals surface area (Å²) in [6, 6.07) is 0. The third-order valence-electron chi connectivity index (χ3n) is 0. The van der Waals surface area contributed by atoms with E-state index >= 15 is 0 Å². The van der Waals surface area contributed by atoms with Gasteiger partial charge < -0.3 is 39.6 Å². The Hall–Kier alpha value is 5.22. The second-order valence-electron chi connectivity index (χ2n) is 0. The van der Waals surface area contributed by atoms with Gasteiger partial charge in [-0.25, -0.2) is 0 Å². The van der Waals surface area contributed by atoms with Gasteiger partial charge in [-0.05, 0) is 0 Å². The Kier molecular flexibility index (Phi) is 1030. The van der Waals surface area contributed by atoms with Crippen molar-refractivity contribution in [1.29, 1.82) is 0 Å². The minimum Gasteiger partial charge on any atom is -3.00 e. The van der Waals surface area contributed by atoms with Crippen LogP contribution < -0.4 is 0 Å². The molecule has 0 aliphatic heterocycles. The first-order valence-electron chi connectivity index (χ1n) is 0. The quantitative estimate of drug-likeness (QED) is 0.329. The molecule has 0 heterocycles. The summed E-state index contributed by atoms with van der Waals surface area (Å²) in [5.74, 6) is 0. The molecular formula is Ge3P4Zn3. The van der Waals surface area contributed by atoms with Crippen LogP contribution in [-0.2, 0) is 58.4 Å². The van der Waals surface area contributed by atoms with E-state index in [2.05, 4.69) is 0 Å². The van der Waals surface area contributed by atoms with E-state index in [9.17, 15) is 0 Å². The zero-order chi connectivity index (χ0) is 0. The third kappa shape index (κ3) is 72.5. The topological polar surface area (TPSA) is 0 Å². The van der Waals surface area contributed by atoms with Crippen molar-refractivity contribution in [1.82, 2.24) is 0 Å². The van der Waals surface area contributed by atoms with Crippen molar-refractivity contribution in [2.24, 2.45) is 0 Å². The molecule has 0 atom stereocenters. The Morgan fingerprint density at radius 1 is 0.300 bits per heavy atom. The molecule has 0 spiro atoms. The Labute approximate surface area is 148 Å². The molecule has 0 aromatic rings. The fourth-order valence-corrected chi connectivity index (χ4v) is 0. The molecular weight excluding hydrogens is 538 g/mol. The van der Waals surface area contributed by atoms with Gasteiger partial charge in [0.15, 0.2) is 0 Å². The summed E-state index contributed by atoms with van der Waals surface area (Å²) in [5.41, 5.74) is 0. The predicted molar refractivity (Wildman–Crippen MR) is 44.9 cm³/mol. The van der Waals surface area contributed by atoms with Crippen molar-refractivity contribution in [2.45, 2.75) is 0 Å². The summed E-state index contributed by atoms with van der Waals surface area (Å²) in [6.07, 6.45) is 0. The van der Waals surface area contributed by atoms with Crippen LogP contribution in [0.5, 0.6) is 0 Å². The van der Waals surface area contributed by atoms with E-state index in [0.717, 1.165) is 0 Å². The van der Waals surface area contributed by atoms with Crippen LogP contribution in [-0.4, -0.2) is 52.8 Å². The van der Waals surface area contributed by atoms with Gasteiger partial charge in [0.1, 0.15) is 0 Å². The van der Waals surface area contributed by atoms with Gasteiger partial charge in [0.25, 0.3) is 0 Å². The zero-order valence-corrected chi connectivity index (χ0v) is 24.2. The summed E-state index contributed by atoms with van der Waals surface area (Å²) in [4.78, 5) is 0. The van der Waals surface area contributed by atoms with Crippen molar-refractivity contribution in [3.63, 3.8) is 0 Å². The van der Waals surface area contributed by atoms with Gasteiger partial charge in [-0.1, -0.05) is 0 Å². The van der Waals surface area contributed by atoms with Gasteiger partial charge in [0.05, 0.1) is 0 Å². The van der Waals surface area contributed by atoms with E-state index in [-0.39, 0.29) is 151 Å². The van der Waals surface area contributed by atoms with Gasteiger partial charge in [0.2, 0.25) is 0 Å². The first kappa shape index (κ1) is 113. The molecule has 0 aromatic carbocycles. The molecule has 0 rings (SSSR count). The fourth-order valence-electron chi connectivity index (χ4n) is 0. The van der Waals surface area contributed by atoms with Crippen LogP contribution in [0.15, 0.2) is 0 Å². The van der Waals surface area contributed by atoms with Gasteiger partial charge in [-0.3, -0.25) is 0 Å². The van der Waals surface area contributed by atoms with Crippen molar-refractivity contribution in [3.8, 4) is 0 Å². The van der Waals surface area contributed by atoms with E-state index in [1.54, 1.807) is 0 Å². The van der Waals surface area contributed by atoms with Crippen LogP contribution in [0.4, 0.5) is 0 Å². The summed E-state index contributed by atoms with van der Waals surface area (Å²) in [6.45, 7) is 0. The second kappa shape index (κ2) is 91.2. The molecule has 0 fully saturated rings. The van der Waals surface area contributed by atoms with Crippen LogP contribution in [0.1, 0.15) is 0 Å². The number of hydrogen-bond acceptors (Lipinski definition) is 0. The van der Waals surface area contributed by atoms with Gasteiger partial charge in [0, 0.05) is 58.4 Å². The van der Waals surface area contributed by atoms with E-state index in [4.69, 9.17) is 0 Å². The largest absolute Gasteiger partial charge is 4.00 e. The average Bonchev–Trinajstić information content (AvgIpc) is 0. The van der Waals surface area contributed by atoms with Gasteiger partial charge in [-0.2, -0.15) is 0 Å². The fraction of sp³-hybridized carbons (Fsp3) is 0. The van der Waals surface area contributed by atoms with Crippen LogP contribution in [0.2, 0.25) is 0 Å². The Morgan fingerprint density at radius 2 is 0.300 bits per heavy atom. The molecule has 0 nitrogen and oxygen atoms in total. The molecule has 10 heteroatoms. The molecule has 0 aliphatic carbocycles. The normalized spacial score (nSPS) is 0. The Morgan fingerprint density at radius 3 is 0.300 bits per heavy atom. The maximum Gasteiger partial charge on any atom is 4.00 e. The van der Waals surface area contributed by atoms with Crippen molar-refractivity contribution >= 4 is 92.4 Å². The molecule has 38 valence electrons. The summed E-state index contributed by atoms with van der Waals surface area (Å²) < 4.78 is 0. The third-order valence-corrected chi connectivity index (χ3v) is 0. The predicted octanol–water partition coefficient (Wildman–Crippen LogP) is 2.29. The molecule has 0 saturated carbocycles. The summed E-state index contributed by atoms with van der Waals surface area (Å²) >= 11 is 0. The Balaban J connectivity index is 0. The van der Waals surface area contributed by atoms with Crippen LogP contribution in [0.3, 0.4) is 0 Å². The van der Waals surface area contributed by atoms with Crippen LogP contribution >= 0.6 is 39.6 Å². The monoisotopic (exact) mass is 537 g/mol. The van der Waals surface area contributed by atoms with E-state index in [1.807, 2.05) is 0 Å². The Bertz CT molecular complexity index is 15.7. The second-order valence-corrected chi connectivity index (χ2v) is 0. The van der Waals surface area contributed by atoms with Crippen molar-refractivity contribution in [3.05, 3.63) is 0 Å². The zero-order valence-electron chi connectivity index (χ0n) is 5.41. The van der Waals surface area contributed by atoms with Crippen molar-refractivity contribution < 1.29 is 58.4 Å². The molecule has 0 unspecified atom stereocenters. The summed E-state index contributed by atoms with van der Waals surface area (Å²) in [5, 5.41) is 0. The molecule has 0 amide bonds. The minimum atomic E-state index is 0. The molecule has 0 aliphatic rings. The summed E-state index contributed by atoms with van der Waals surface area (Å²) in [7, 11) is 0. The maximum atomic E-state index is 0. The molecule has 0 saturated heterocycles. The van der Waals surface area contributed by atoms with Crippen LogP contribution in [0, 0.1) is 0 Å². The molecule has 0 bridgehead atoms. The van der Waals surface area contributed by atoms with E-state index in [0.29, 0.717) is 0 Å². The standard InChI is InChI=1S/3Ge.4P.3Zn/q3*+4;4*-3;;;. The van der Waals surface area contributed by atoms with Crippen molar-refractivity contribution in [2.75, 3.05) is 0 Å². The van der Waals surface area contributed by atoms with E-state index in [1.165, 1.54) is 0 Å². The average molecular weight is 538 g/mol.